The number of piperidine rings is 1. The monoisotopic (exact) mass is 344 g/mol. The van der Waals surface area contributed by atoms with Crippen LogP contribution in [0.15, 0.2) is 12.4 Å². The lowest BCUT2D eigenvalue weighted by molar-refractivity contribution is -0.145. The molecule has 0 bridgehead atoms. The first-order chi connectivity index (χ1) is 12.2. The number of amides is 1. The highest BCUT2D eigenvalue weighted by Crippen LogP contribution is 2.43. The molecular formula is C19H28N4O2. The van der Waals surface area contributed by atoms with Crippen molar-refractivity contribution in [1.29, 1.82) is 0 Å². The zero-order valence-corrected chi connectivity index (χ0v) is 15.1. The number of hydrogen-bond donors (Lipinski definition) is 0. The molecule has 6 nitrogen and oxygen atoms in total. The minimum Gasteiger partial charge on any atom is -0.385 e. The van der Waals surface area contributed by atoms with Gasteiger partial charge in [-0.15, -0.1) is 0 Å². The molecule has 1 aromatic heterocycles. The predicted octanol–water partition coefficient (Wildman–Crippen LogP) is 2.21. The van der Waals surface area contributed by atoms with Crippen molar-refractivity contribution in [2.24, 2.45) is 5.41 Å². The van der Waals surface area contributed by atoms with Crippen molar-refractivity contribution in [2.75, 3.05) is 44.8 Å². The number of aromatic nitrogens is 2. The maximum atomic E-state index is 13.1. The van der Waals surface area contributed by atoms with Gasteiger partial charge in [-0.2, -0.15) is 0 Å². The van der Waals surface area contributed by atoms with Crippen molar-refractivity contribution >= 4 is 11.7 Å². The normalized spacial score (nSPS) is 26.7. The zero-order chi connectivity index (χ0) is 17.3. The van der Waals surface area contributed by atoms with E-state index in [1.54, 1.807) is 13.4 Å². The van der Waals surface area contributed by atoms with Crippen LogP contribution in [0.25, 0.3) is 0 Å². The fourth-order valence-electron chi connectivity index (χ4n) is 4.35. The SMILES string of the molecule is COCCCN1CCC[C@@]2(CCN(c3cc(C4CC4)ncn3)C2)C1=O. The molecule has 1 spiro atoms. The van der Waals surface area contributed by atoms with Gasteiger partial charge in [0.25, 0.3) is 0 Å². The number of anilines is 1. The number of rotatable bonds is 6. The average molecular weight is 344 g/mol. The van der Waals surface area contributed by atoms with Gasteiger partial charge in [0, 0.05) is 57.6 Å². The molecule has 25 heavy (non-hydrogen) atoms. The lowest BCUT2D eigenvalue weighted by atomic mass is 9.78. The van der Waals surface area contributed by atoms with Crippen molar-refractivity contribution in [2.45, 2.75) is 44.4 Å². The number of methoxy groups -OCH3 is 1. The Kier molecular flexibility index (Phi) is 4.63. The van der Waals surface area contributed by atoms with Gasteiger partial charge in [0.05, 0.1) is 5.41 Å². The maximum absolute atomic E-state index is 13.1. The van der Waals surface area contributed by atoms with E-state index in [0.717, 1.165) is 57.7 Å². The Bertz CT molecular complexity index is 634. The zero-order valence-electron chi connectivity index (χ0n) is 15.1. The van der Waals surface area contributed by atoms with Crippen LogP contribution in [-0.4, -0.2) is 60.7 Å². The average Bonchev–Trinajstić information content (AvgIpc) is 3.40. The van der Waals surface area contributed by atoms with Crippen molar-refractivity contribution in [1.82, 2.24) is 14.9 Å². The Labute approximate surface area is 149 Å². The molecule has 1 amide bonds. The van der Waals surface area contributed by atoms with Crippen LogP contribution in [0, 0.1) is 5.41 Å². The molecule has 1 atom stereocenters. The molecule has 3 aliphatic rings. The van der Waals surface area contributed by atoms with Crippen LogP contribution in [0.2, 0.25) is 0 Å². The fourth-order valence-corrected chi connectivity index (χ4v) is 4.35. The van der Waals surface area contributed by atoms with Gasteiger partial charge in [-0.1, -0.05) is 0 Å². The number of nitrogens with zero attached hydrogens (tertiary/aromatic N) is 4. The highest BCUT2D eigenvalue weighted by Gasteiger charge is 2.48. The predicted molar refractivity (Wildman–Crippen MR) is 95.6 cm³/mol. The van der Waals surface area contributed by atoms with E-state index in [0.29, 0.717) is 18.4 Å². The molecule has 1 aromatic rings. The molecule has 1 aliphatic carbocycles. The number of carbonyl (C=O) groups is 1. The van der Waals surface area contributed by atoms with Gasteiger partial charge in [-0.05, 0) is 38.5 Å². The largest absolute Gasteiger partial charge is 0.385 e. The summed E-state index contributed by atoms with van der Waals surface area (Å²) in [6, 6.07) is 2.14. The van der Waals surface area contributed by atoms with E-state index >= 15 is 0 Å². The topological polar surface area (TPSA) is 58.6 Å². The standard InChI is InChI=1S/C19H28N4O2/c1-25-11-3-9-22-8-2-6-19(18(22)24)7-10-23(13-19)17-12-16(15-4-5-15)20-14-21-17/h12,14-15H,2-11,13H2,1H3/t19-/m0/s1. The van der Waals surface area contributed by atoms with Gasteiger partial charge in [0.15, 0.2) is 0 Å². The van der Waals surface area contributed by atoms with Crippen LogP contribution in [0.3, 0.4) is 0 Å². The summed E-state index contributed by atoms with van der Waals surface area (Å²) in [5.74, 6) is 1.97. The fraction of sp³-hybridized carbons (Fsp3) is 0.737. The second kappa shape index (κ2) is 6.90. The smallest absolute Gasteiger partial charge is 0.230 e. The van der Waals surface area contributed by atoms with Gasteiger partial charge in [0.2, 0.25) is 5.91 Å². The first-order valence-corrected chi connectivity index (χ1v) is 9.57. The van der Waals surface area contributed by atoms with E-state index in [9.17, 15) is 4.79 Å². The summed E-state index contributed by atoms with van der Waals surface area (Å²) in [5, 5.41) is 0. The summed E-state index contributed by atoms with van der Waals surface area (Å²) in [5.41, 5.74) is 0.956. The number of hydrogen-bond acceptors (Lipinski definition) is 5. The number of carbonyl (C=O) groups excluding carboxylic acids is 1. The van der Waals surface area contributed by atoms with Crippen LogP contribution in [0.4, 0.5) is 5.82 Å². The highest BCUT2D eigenvalue weighted by molar-refractivity contribution is 5.85. The molecule has 136 valence electrons. The third-order valence-electron chi connectivity index (χ3n) is 5.95. The maximum Gasteiger partial charge on any atom is 0.230 e. The number of likely N-dealkylation sites (tertiary alicyclic amines) is 1. The Morgan fingerprint density at radius 3 is 2.96 bits per heavy atom. The molecule has 2 saturated heterocycles. The third kappa shape index (κ3) is 3.36. The summed E-state index contributed by atoms with van der Waals surface area (Å²) in [6.45, 7) is 4.14. The Balaban J connectivity index is 1.44. The molecule has 0 aromatic carbocycles. The Morgan fingerprint density at radius 2 is 2.16 bits per heavy atom. The summed E-state index contributed by atoms with van der Waals surface area (Å²) < 4.78 is 5.14. The van der Waals surface area contributed by atoms with Gasteiger partial charge in [0.1, 0.15) is 12.1 Å². The van der Waals surface area contributed by atoms with Crippen LogP contribution >= 0.6 is 0 Å². The minimum absolute atomic E-state index is 0.212. The summed E-state index contributed by atoms with van der Waals surface area (Å²) >= 11 is 0. The number of ether oxygens (including phenoxy) is 1. The van der Waals surface area contributed by atoms with E-state index < -0.39 is 0 Å². The van der Waals surface area contributed by atoms with E-state index in [-0.39, 0.29) is 5.41 Å². The van der Waals surface area contributed by atoms with E-state index in [1.807, 2.05) is 0 Å². The van der Waals surface area contributed by atoms with E-state index in [4.69, 9.17) is 4.74 Å². The second-order valence-corrected chi connectivity index (χ2v) is 7.77. The first-order valence-electron chi connectivity index (χ1n) is 9.57. The molecular weight excluding hydrogens is 316 g/mol. The lowest BCUT2D eigenvalue weighted by Gasteiger charge is -2.39. The second-order valence-electron chi connectivity index (χ2n) is 7.77. The van der Waals surface area contributed by atoms with E-state index in [1.165, 1.54) is 18.5 Å². The molecule has 0 unspecified atom stereocenters. The van der Waals surface area contributed by atoms with Gasteiger partial charge in [-0.25, -0.2) is 9.97 Å². The molecule has 3 heterocycles. The highest BCUT2D eigenvalue weighted by atomic mass is 16.5. The van der Waals surface area contributed by atoms with Crippen LogP contribution in [0.1, 0.15) is 50.1 Å². The molecule has 0 N–H and O–H groups in total. The van der Waals surface area contributed by atoms with Crippen molar-refractivity contribution < 1.29 is 9.53 Å². The van der Waals surface area contributed by atoms with Crippen molar-refractivity contribution in [3.05, 3.63) is 18.1 Å². The van der Waals surface area contributed by atoms with Gasteiger partial charge < -0.3 is 14.5 Å². The van der Waals surface area contributed by atoms with E-state index in [2.05, 4.69) is 25.8 Å². The third-order valence-corrected chi connectivity index (χ3v) is 5.95. The molecule has 6 heteroatoms. The molecule has 0 radical (unpaired) electrons. The Hall–Kier alpha value is -1.69. The molecule has 2 aliphatic heterocycles. The molecule has 4 rings (SSSR count). The molecule has 1 saturated carbocycles. The van der Waals surface area contributed by atoms with Crippen molar-refractivity contribution in [3.8, 4) is 0 Å². The quantitative estimate of drug-likeness (QED) is 0.741. The van der Waals surface area contributed by atoms with Crippen LogP contribution < -0.4 is 4.90 Å². The summed E-state index contributed by atoms with van der Waals surface area (Å²) in [7, 11) is 1.71. The minimum atomic E-state index is -0.212. The lowest BCUT2D eigenvalue weighted by Crippen LogP contribution is -2.50. The van der Waals surface area contributed by atoms with Gasteiger partial charge in [-0.3, -0.25) is 4.79 Å². The first kappa shape index (κ1) is 16.8. The van der Waals surface area contributed by atoms with Gasteiger partial charge >= 0.3 is 0 Å². The van der Waals surface area contributed by atoms with Crippen LogP contribution in [-0.2, 0) is 9.53 Å². The summed E-state index contributed by atoms with van der Waals surface area (Å²) in [4.78, 5) is 26.4. The van der Waals surface area contributed by atoms with Crippen LogP contribution in [0.5, 0.6) is 0 Å². The van der Waals surface area contributed by atoms with Crippen molar-refractivity contribution in [3.63, 3.8) is 0 Å². The Morgan fingerprint density at radius 1 is 1.28 bits per heavy atom. The molecule has 3 fully saturated rings. The summed E-state index contributed by atoms with van der Waals surface area (Å²) in [6.07, 6.45) is 8.14.